The van der Waals surface area contributed by atoms with Crippen LogP contribution in [-0.4, -0.2) is 38.0 Å². The zero-order chi connectivity index (χ0) is 20.3. The number of hydrogen-bond donors (Lipinski definition) is 0. The van der Waals surface area contributed by atoms with Gasteiger partial charge in [-0.05, 0) is 68.6 Å². The van der Waals surface area contributed by atoms with Gasteiger partial charge in [0.25, 0.3) is 0 Å². The predicted molar refractivity (Wildman–Crippen MR) is 111 cm³/mol. The van der Waals surface area contributed by atoms with Gasteiger partial charge in [0, 0.05) is 24.2 Å². The van der Waals surface area contributed by atoms with E-state index in [0.717, 1.165) is 57.5 Å². The van der Waals surface area contributed by atoms with Crippen LogP contribution in [0.1, 0.15) is 72.1 Å². The van der Waals surface area contributed by atoms with Crippen LogP contribution in [-0.2, 0) is 18.9 Å². The van der Waals surface area contributed by atoms with Gasteiger partial charge >= 0.3 is 0 Å². The number of fused-ring (bicyclic) bond motifs is 3. The molecule has 29 heavy (non-hydrogen) atoms. The molecule has 4 heteroatoms. The van der Waals surface area contributed by atoms with Crippen molar-refractivity contribution < 1.29 is 18.9 Å². The summed E-state index contributed by atoms with van der Waals surface area (Å²) in [6.07, 6.45) is 14.7. The normalized spacial score (nSPS) is 47.7. The molecule has 2 saturated heterocycles. The van der Waals surface area contributed by atoms with Gasteiger partial charge < -0.3 is 18.9 Å². The van der Waals surface area contributed by atoms with Crippen molar-refractivity contribution in [2.75, 3.05) is 26.4 Å². The van der Waals surface area contributed by atoms with Crippen molar-refractivity contribution in [3.8, 4) is 12.3 Å². The Hall–Kier alpha value is -0.600. The van der Waals surface area contributed by atoms with Crippen molar-refractivity contribution in [1.82, 2.24) is 0 Å². The largest absolute Gasteiger partial charge is 0.348 e. The Morgan fingerprint density at radius 1 is 0.828 bits per heavy atom. The molecule has 6 atom stereocenters. The maximum atomic E-state index is 6.37. The van der Waals surface area contributed by atoms with Crippen molar-refractivity contribution in [3.05, 3.63) is 0 Å². The number of rotatable bonds is 3. The molecule has 2 heterocycles. The minimum Gasteiger partial charge on any atom is -0.348 e. The zero-order valence-electron chi connectivity index (χ0n) is 18.5. The average Bonchev–Trinajstić information content (AvgIpc) is 3.43. The van der Waals surface area contributed by atoms with Gasteiger partial charge in [0.15, 0.2) is 11.6 Å². The first-order chi connectivity index (χ1) is 13.9. The first kappa shape index (κ1) is 20.3. The topological polar surface area (TPSA) is 36.9 Å². The van der Waals surface area contributed by atoms with E-state index in [9.17, 15) is 0 Å². The molecule has 0 aromatic heterocycles. The molecular formula is C25H38O4. The quantitative estimate of drug-likeness (QED) is 0.638. The Morgan fingerprint density at radius 2 is 1.52 bits per heavy atom. The Bertz CT molecular complexity index is 671. The summed E-state index contributed by atoms with van der Waals surface area (Å²) >= 11 is 0. The van der Waals surface area contributed by atoms with Crippen molar-refractivity contribution in [2.45, 2.75) is 83.7 Å². The Balaban J connectivity index is 1.45. The summed E-state index contributed by atoms with van der Waals surface area (Å²) in [4.78, 5) is 0. The second-order valence-electron chi connectivity index (χ2n) is 10.9. The van der Waals surface area contributed by atoms with Crippen molar-refractivity contribution in [2.24, 2.45) is 34.5 Å². The fourth-order valence-corrected chi connectivity index (χ4v) is 8.64. The van der Waals surface area contributed by atoms with Gasteiger partial charge in [0.1, 0.15) is 0 Å². The Kier molecular flexibility index (Phi) is 4.87. The van der Waals surface area contributed by atoms with Crippen LogP contribution >= 0.6 is 0 Å². The first-order valence-electron chi connectivity index (χ1n) is 11.9. The van der Waals surface area contributed by atoms with Gasteiger partial charge in [-0.1, -0.05) is 13.8 Å². The second kappa shape index (κ2) is 6.95. The predicted octanol–water partition coefficient (Wildman–Crippen LogP) is 4.76. The number of terminal acetylenes is 1. The zero-order valence-corrected chi connectivity index (χ0v) is 18.5. The summed E-state index contributed by atoms with van der Waals surface area (Å²) in [6.45, 7) is 10.1. The maximum absolute atomic E-state index is 6.37. The number of hydrogen-bond acceptors (Lipinski definition) is 4. The second-order valence-corrected chi connectivity index (χ2v) is 10.9. The summed E-state index contributed by atoms with van der Waals surface area (Å²) in [7, 11) is 0. The molecule has 0 aromatic rings. The maximum Gasteiger partial charge on any atom is 0.174 e. The van der Waals surface area contributed by atoms with Gasteiger partial charge in [-0.25, -0.2) is 0 Å². The van der Waals surface area contributed by atoms with E-state index in [1.54, 1.807) is 0 Å². The summed E-state index contributed by atoms with van der Waals surface area (Å²) in [5, 5.41) is 0. The molecule has 0 radical (unpaired) electrons. The summed E-state index contributed by atoms with van der Waals surface area (Å²) in [5.74, 6) is 4.67. The van der Waals surface area contributed by atoms with Gasteiger partial charge in [-0.15, -0.1) is 12.3 Å². The van der Waals surface area contributed by atoms with Gasteiger partial charge in [-0.2, -0.15) is 0 Å². The van der Waals surface area contributed by atoms with Crippen LogP contribution < -0.4 is 0 Å². The van der Waals surface area contributed by atoms with E-state index in [2.05, 4.69) is 26.7 Å². The lowest BCUT2D eigenvalue weighted by Crippen LogP contribution is -2.61. The molecule has 1 spiro atoms. The summed E-state index contributed by atoms with van der Waals surface area (Å²) < 4.78 is 25.1. The highest BCUT2D eigenvalue weighted by Gasteiger charge is 2.67. The van der Waals surface area contributed by atoms with Crippen molar-refractivity contribution >= 4 is 0 Å². The highest BCUT2D eigenvalue weighted by molar-refractivity contribution is 5.13. The van der Waals surface area contributed by atoms with Crippen LogP contribution in [0.25, 0.3) is 0 Å². The SMILES string of the molecule is C#CCC[C@]1(C)[C@H]2CC[C@]3(C)[C@@H](C4(C)OCCO4)CC[C@H]3[C@@H]2CCC12OCCO2. The molecule has 3 aliphatic carbocycles. The number of ether oxygens (including phenoxy) is 4. The fourth-order valence-electron chi connectivity index (χ4n) is 8.64. The lowest BCUT2D eigenvalue weighted by molar-refractivity contribution is -0.294. The fraction of sp³-hybridized carbons (Fsp3) is 0.920. The lowest BCUT2D eigenvalue weighted by atomic mass is 9.46. The minimum atomic E-state index is -0.416. The molecule has 0 aromatic carbocycles. The van der Waals surface area contributed by atoms with E-state index in [0.29, 0.717) is 17.3 Å². The third-order valence-corrected chi connectivity index (χ3v) is 9.97. The van der Waals surface area contributed by atoms with Crippen molar-refractivity contribution in [1.29, 1.82) is 0 Å². The molecule has 0 N–H and O–H groups in total. The van der Waals surface area contributed by atoms with Crippen LogP contribution in [0.4, 0.5) is 0 Å². The van der Waals surface area contributed by atoms with Crippen LogP contribution in [0.15, 0.2) is 0 Å². The van der Waals surface area contributed by atoms with E-state index in [1.807, 2.05) is 0 Å². The van der Waals surface area contributed by atoms with Gasteiger partial charge in [0.2, 0.25) is 0 Å². The molecule has 5 aliphatic rings. The van der Waals surface area contributed by atoms with Crippen LogP contribution in [0.5, 0.6) is 0 Å². The first-order valence-corrected chi connectivity index (χ1v) is 11.9. The van der Waals surface area contributed by atoms with E-state index in [1.165, 1.54) is 32.1 Å². The van der Waals surface area contributed by atoms with Crippen LogP contribution in [0, 0.1) is 46.8 Å². The summed E-state index contributed by atoms with van der Waals surface area (Å²) in [5.41, 5.74) is 0.303. The highest BCUT2D eigenvalue weighted by atomic mass is 16.7. The Morgan fingerprint density at radius 3 is 2.21 bits per heavy atom. The smallest absolute Gasteiger partial charge is 0.174 e. The molecular weight excluding hydrogens is 364 g/mol. The van der Waals surface area contributed by atoms with E-state index < -0.39 is 11.6 Å². The molecule has 0 amide bonds. The molecule has 4 nitrogen and oxygen atoms in total. The monoisotopic (exact) mass is 402 g/mol. The van der Waals surface area contributed by atoms with Crippen LogP contribution in [0.3, 0.4) is 0 Å². The van der Waals surface area contributed by atoms with Gasteiger partial charge in [-0.3, -0.25) is 0 Å². The Labute approximate surface area is 176 Å². The lowest BCUT2D eigenvalue weighted by Gasteiger charge is -2.61. The molecule has 5 fully saturated rings. The van der Waals surface area contributed by atoms with Crippen molar-refractivity contribution in [3.63, 3.8) is 0 Å². The third-order valence-electron chi connectivity index (χ3n) is 9.97. The van der Waals surface area contributed by atoms with Gasteiger partial charge in [0.05, 0.1) is 26.4 Å². The molecule has 2 aliphatic heterocycles. The molecule has 162 valence electrons. The average molecular weight is 403 g/mol. The standard InChI is InChI=1S/C25H38O4/c1-5-6-11-23(3)20-10-12-22(2)19(7-8-21(22)24(4)26-14-15-27-24)18(20)9-13-25(23)28-16-17-29-25/h1,18-21H,6-17H2,2-4H3/t18-,19-,20-,21-,22-,23+/m0/s1. The van der Waals surface area contributed by atoms with E-state index in [-0.39, 0.29) is 5.41 Å². The summed E-state index contributed by atoms with van der Waals surface area (Å²) in [6, 6.07) is 0. The van der Waals surface area contributed by atoms with Crippen LogP contribution in [0.2, 0.25) is 0 Å². The molecule has 5 rings (SSSR count). The molecule has 3 saturated carbocycles. The molecule has 0 bridgehead atoms. The molecule has 0 unspecified atom stereocenters. The van der Waals surface area contributed by atoms with E-state index in [4.69, 9.17) is 25.4 Å². The highest BCUT2D eigenvalue weighted by Crippen LogP contribution is 2.69. The van der Waals surface area contributed by atoms with E-state index >= 15 is 0 Å². The third kappa shape index (κ3) is 2.73. The minimum absolute atomic E-state index is 0.00244.